The van der Waals surface area contributed by atoms with Crippen molar-refractivity contribution in [1.29, 1.82) is 5.26 Å². The molecule has 0 aliphatic heterocycles. The highest BCUT2D eigenvalue weighted by atomic mass is 19.3. The maximum absolute atomic E-state index is 12.2. The van der Waals surface area contributed by atoms with Crippen molar-refractivity contribution in [3.05, 3.63) is 60.0 Å². The summed E-state index contributed by atoms with van der Waals surface area (Å²) in [6, 6.07) is 12.1. The minimum Gasteiger partial charge on any atom is -0.319 e. The van der Waals surface area contributed by atoms with Gasteiger partial charge in [0.2, 0.25) is 0 Å². The Hall–Kier alpha value is -3.20. The molecular formula is C15H8FN3O2. The predicted molar refractivity (Wildman–Crippen MR) is 71.9 cm³/mol. The van der Waals surface area contributed by atoms with Gasteiger partial charge in [-0.15, -0.1) is 0 Å². The lowest BCUT2D eigenvalue weighted by atomic mass is 10.1. The summed E-state index contributed by atoms with van der Waals surface area (Å²) in [6.07, 6.45) is 3.41. The molecule has 0 N–H and O–H groups in total. The largest absolute Gasteiger partial charge is 0.399 e. The van der Waals surface area contributed by atoms with Gasteiger partial charge in [-0.25, -0.2) is 14.7 Å². The molecule has 2 aromatic heterocycles. The van der Waals surface area contributed by atoms with E-state index in [1.165, 1.54) is 0 Å². The van der Waals surface area contributed by atoms with Crippen molar-refractivity contribution in [2.75, 3.05) is 0 Å². The van der Waals surface area contributed by atoms with Gasteiger partial charge in [0, 0.05) is 22.5 Å². The van der Waals surface area contributed by atoms with E-state index in [2.05, 4.69) is 9.93 Å². The molecule has 0 atom stereocenters. The third-order valence-electron chi connectivity index (χ3n) is 3.07. The average molecular weight is 281 g/mol. The Kier molecular flexibility index (Phi) is 3.09. The van der Waals surface area contributed by atoms with Crippen LogP contribution in [0.15, 0.2) is 48.8 Å². The Morgan fingerprint density at radius 2 is 2.19 bits per heavy atom. The highest BCUT2D eigenvalue weighted by Gasteiger charge is 2.17. The van der Waals surface area contributed by atoms with Crippen molar-refractivity contribution >= 4 is 11.5 Å². The van der Waals surface area contributed by atoms with Crippen LogP contribution in [-0.4, -0.2) is 15.4 Å². The number of fused-ring (bicyclic) bond motifs is 1. The summed E-state index contributed by atoms with van der Waals surface area (Å²) in [5, 5.41) is 8.93. The summed E-state index contributed by atoms with van der Waals surface area (Å²) >= 11 is 0. The predicted octanol–water partition coefficient (Wildman–Crippen LogP) is 2.91. The van der Waals surface area contributed by atoms with Crippen molar-refractivity contribution in [1.82, 2.24) is 9.38 Å². The summed E-state index contributed by atoms with van der Waals surface area (Å²) in [7, 11) is 0. The highest BCUT2D eigenvalue weighted by Crippen LogP contribution is 2.21. The monoisotopic (exact) mass is 281 g/mol. The van der Waals surface area contributed by atoms with Gasteiger partial charge < -0.3 is 4.40 Å². The quantitative estimate of drug-likeness (QED) is 0.724. The minimum atomic E-state index is -1.16. The minimum absolute atomic E-state index is 0.123. The lowest BCUT2D eigenvalue weighted by molar-refractivity contribution is -0.0791. The number of nitrogens with zero attached hydrogens (tertiary/aromatic N) is 3. The van der Waals surface area contributed by atoms with E-state index in [4.69, 9.17) is 5.26 Å². The lowest BCUT2D eigenvalue weighted by Crippen LogP contribution is -2.06. The SMILES string of the molecule is N#Cc1cccc(-c2cn3cccc3c(C(=O)OF)n2)c1. The smallest absolute Gasteiger partial charge is 0.319 e. The fourth-order valence-electron chi connectivity index (χ4n) is 2.12. The van der Waals surface area contributed by atoms with Gasteiger partial charge in [-0.2, -0.15) is 5.26 Å². The number of benzene rings is 1. The summed E-state index contributed by atoms with van der Waals surface area (Å²) in [5.74, 6) is -1.16. The van der Waals surface area contributed by atoms with Gasteiger partial charge in [-0.3, -0.25) is 0 Å². The van der Waals surface area contributed by atoms with Crippen LogP contribution in [0.4, 0.5) is 4.53 Å². The molecular weight excluding hydrogens is 273 g/mol. The van der Waals surface area contributed by atoms with Crippen molar-refractivity contribution in [3.63, 3.8) is 0 Å². The number of halogens is 1. The number of rotatable bonds is 2. The molecule has 2 heterocycles. The van der Waals surface area contributed by atoms with E-state index in [1.54, 1.807) is 53.2 Å². The number of carbonyl (C=O) groups excluding carboxylic acids is 1. The Morgan fingerprint density at radius 3 is 2.95 bits per heavy atom. The van der Waals surface area contributed by atoms with Crippen LogP contribution in [0.3, 0.4) is 0 Å². The second-order valence-corrected chi connectivity index (χ2v) is 4.33. The van der Waals surface area contributed by atoms with Gasteiger partial charge in [0.25, 0.3) is 0 Å². The average Bonchev–Trinajstić information content (AvgIpc) is 3.01. The molecule has 3 rings (SSSR count). The van der Waals surface area contributed by atoms with Crippen molar-refractivity contribution in [3.8, 4) is 17.3 Å². The third kappa shape index (κ3) is 2.21. The van der Waals surface area contributed by atoms with Gasteiger partial charge >= 0.3 is 5.97 Å². The Labute approximate surface area is 118 Å². The van der Waals surface area contributed by atoms with Crippen LogP contribution < -0.4 is 0 Å². The first kappa shape index (κ1) is 12.8. The first-order valence-corrected chi connectivity index (χ1v) is 6.04. The molecule has 5 nitrogen and oxygen atoms in total. The van der Waals surface area contributed by atoms with E-state index in [9.17, 15) is 9.32 Å². The number of aromatic nitrogens is 2. The summed E-state index contributed by atoms with van der Waals surface area (Å²) in [4.78, 5) is 18.9. The number of carbonyl (C=O) groups is 1. The molecule has 0 spiro atoms. The van der Waals surface area contributed by atoms with Crippen molar-refractivity contribution in [2.24, 2.45) is 0 Å². The van der Waals surface area contributed by atoms with Crippen molar-refractivity contribution < 1.29 is 14.3 Å². The fourth-order valence-corrected chi connectivity index (χ4v) is 2.12. The molecule has 3 aromatic rings. The number of hydrogen-bond acceptors (Lipinski definition) is 4. The molecule has 0 fully saturated rings. The van der Waals surface area contributed by atoms with Crippen LogP contribution in [0.5, 0.6) is 0 Å². The molecule has 0 amide bonds. The van der Waals surface area contributed by atoms with Gasteiger partial charge in [0.15, 0.2) is 5.69 Å². The van der Waals surface area contributed by atoms with E-state index in [-0.39, 0.29) is 5.69 Å². The molecule has 0 saturated heterocycles. The summed E-state index contributed by atoms with van der Waals surface area (Å²) in [5.41, 5.74) is 1.88. The van der Waals surface area contributed by atoms with E-state index < -0.39 is 5.97 Å². The molecule has 0 aliphatic carbocycles. The van der Waals surface area contributed by atoms with Crippen LogP contribution in [-0.2, 0) is 4.94 Å². The van der Waals surface area contributed by atoms with Crippen LogP contribution in [0.1, 0.15) is 16.1 Å². The molecule has 6 heteroatoms. The maximum atomic E-state index is 12.2. The van der Waals surface area contributed by atoms with Gasteiger partial charge in [0.1, 0.15) is 0 Å². The molecule has 0 bridgehead atoms. The van der Waals surface area contributed by atoms with Gasteiger partial charge in [-0.1, -0.05) is 12.1 Å². The first-order chi connectivity index (χ1) is 10.2. The number of nitriles is 1. The van der Waals surface area contributed by atoms with E-state index in [0.29, 0.717) is 22.3 Å². The lowest BCUT2D eigenvalue weighted by Gasteiger charge is -2.06. The second kappa shape index (κ2) is 5.06. The second-order valence-electron chi connectivity index (χ2n) is 4.33. The van der Waals surface area contributed by atoms with E-state index in [0.717, 1.165) is 0 Å². The van der Waals surface area contributed by atoms with Gasteiger partial charge in [0.05, 0.1) is 22.8 Å². The normalized spacial score (nSPS) is 10.3. The molecule has 1 aromatic carbocycles. The Balaban J connectivity index is 2.23. The molecule has 0 saturated carbocycles. The fraction of sp³-hybridized carbons (Fsp3) is 0. The van der Waals surface area contributed by atoms with E-state index in [1.807, 2.05) is 6.07 Å². The molecule has 0 radical (unpaired) electrons. The zero-order chi connectivity index (χ0) is 14.8. The highest BCUT2D eigenvalue weighted by molar-refractivity contribution is 5.95. The van der Waals surface area contributed by atoms with Gasteiger partial charge in [-0.05, 0) is 24.3 Å². The topological polar surface area (TPSA) is 67.4 Å². The molecule has 0 unspecified atom stereocenters. The molecule has 0 aliphatic rings. The van der Waals surface area contributed by atoms with Crippen LogP contribution in [0.2, 0.25) is 0 Å². The standard InChI is InChI=1S/C15H8FN3O2/c16-21-15(20)14-13-5-2-6-19(13)9-12(18-14)11-4-1-3-10(7-11)8-17/h1-7,9H. The van der Waals surface area contributed by atoms with Crippen molar-refractivity contribution in [2.45, 2.75) is 0 Å². The number of hydrogen-bond donors (Lipinski definition) is 0. The van der Waals surface area contributed by atoms with Crippen LogP contribution in [0.25, 0.3) is 16.8 Å². The Bertz CT molecular complexity index is 880. The molecule has 102 valence electrons. The first-order valence-electron chi connectivity index (χ1n) is 6.04. The Morgan fingerprint density at radius 1 is 1.33 bits per heavy atom. The van der Waals surface area contributed by atoms with E-state index >= 15 is 0 Å². The summed E-state index contributed by atoms with van der Waals surface area (Å²) in [6.45, 7) is 0. The van der Waals surface area contributed by atoms with Crippen LogP contribution >= 0.6 is 0 Å². The maximum Gasteiger partial charge on any atom is 0.399 e. The zero-order valence-corrected chi connectivity index (χ0v) is 10.7. The summed E-state index contributed by atoms with van der Waals surface area (Å²) < 4.78 is 13.9. The third-order valence-corrected chi connectivity index (χ3v) is 3.07. The van der Waals surface area contributed by atoms with Crippen LogP contribution in [0, 0.1) is 11.3 Å². The molecule has 21 heavy (non-hydrogen) atoms. The zero-order valence-electron chi connectivity index (χ0n) is 10.7.